The number of carbonyl (C=O) groups is 1. The number of hydrogen-bond acceptors (Lipinski definition) is 5. The van der Waals surface area contributed by atoms with E-state index >= 15 is 0 Å². The van der Waals surface area contributed by atoms with Crippen LogP contribution in [0.5, 0.6) is 5.75 Å². The van der Waals surface area contributed by atoms with E-state index in [9.17, 15) is 9.18 Å². The Labute approximate surface area is 153 Å². The van der Waals surface area contributed by atoms with Crippen LogP contribution in [0.15, 0.2) is 35.7 Å². The summed E-state index contributed by atoms with van der Waals surface area (Å²) in [6.45, 7) is 1.74. The lowest BCUT2D eigenvalue weighted by atomic mass is 10.2. The number of nitrogens with zero attached hydrogens (tertiary/aromatic N) is 3. The van der Waals surface area contributed by atoms with Crippen LogP contribution in [0.2, 0.25) is 0 Å². The molecule has 0 aliphatic rings. The summed E-state index contributed by atoms with van der Waals surface area (Å²) in [6.07, 6.45) is 0. The van der Waals surface area contributed by atoms with E-state index in [0.717, 1.165) is 22.5 Å². The molecule has 3 rings (SSSR count). The fourth-order valence-corrected chi connectivity index (χ4v) is 3.20. The zero-order chi connectivity index (χ0) is 18.7. The topological polar surface area (TPSA) is 79.9 Å². The lowest BCUT2D eigenvalue weighted by Gasteiger charge is -2.10. The Morgan fingerprint density at radius 1 is 1.42 bits per heavy atom. The normalized spacial score (nSPS) is 10.4. The first kappa shape index (κ1) is 17.6. The van der Waals surface area contributed by atoms with Crippen molar-refractivity contribution in [2.75, 3.05) is 11.9 Å². The van der Waals surface area contributed by atoms with E-state index in [4.69, 9.17) is 10.00 Å². The number of benzene rings is 1. The molecule has 3 aromatic rings. The Bertz CT molecular complexity index is 1000. The maximum Gasteiger partial charge on any atom is 0.275 e. The van der Waals surface area contributed by atoms with Gasteiger partial charge in [-0.25, -0.2) is 9.37 Å². The lowest BCUT2D eigenvalue weighted by Crippen LogP contribution is -2.13. The average molecular weight is 370 g/mol. The number of rotatable bonds is 5. The fraction of sp³-hybridized carbons (Fsp3) is 0.167. The van der Waals surface area contributed by atoms with Crippen molar-refractivity contribution in [2.24, 2.45) is 7.05 Å². The van der Waals surface area contributed by atoms with Gasteiger partial charge in [-0.05, 0) is 31.2 Å². The molecule has 6 nitrogen and oxygen atoms in total. The maximum absolute atomic E-state index is 13.4. The maximum atomic E-state index is 13.4. The summed E-state index contributed by atoms with van der Waals surface area (Å²) in [7, 11) is 1.93. The molecule has 1 N–H and O–H groups in total. The molecule has 0 aliphatic carbocycles. The molecule has 26 heavy (non-hydrogen) atoms. The molecule has 0 atom stereocenters. The van der Waals surface area contributed by atoms with Crippen molar-refractivity contribution in [3.63, 3.8) is 0 Å². The highest BCUT2D eigenvalue weighted by Crippen LogP contribution is 2.28. The smallest absolute Gasteiger partial charge is 0.275 e. The van der Waals surface area contributed by atoms with E-state index < -0.39 is 11.7 Å². The highest BCUT2D eigenvalue weighted by atomic mass is 32.1. The van der Waals surface area contributed by atoms with E-state index in [1.807, 2.05) is 30.7 Å². The number of carbonyl (C=O) groups excluding carboxylic acids is 1. The fourth-order valence-electron chi connectivity index (χ4n) is 2.34. The molecule has 0 saturated carbocycles. The van der Waals surface area contributed by atoms with Crippen molar-refractivity contribution in [1.29, 1.82) is 5.26 Å². The molecular weight excluding hydrogens is 355 g/mol. The molecule has 0 unspecified atom stereocenters. The molecule has 2 heterocycles. The van der Waals surface area contributed by atoms with Gasteiger partial charge < -0.3 is 14.6 Å². The van der Waals surface area contributed by atoms with Gasteiger partial charge in [-0.3, -0.25) is 4.79 Å². The van der Waals surface area contributed by atoms with Gasteiger partial charge in [0.05, 0.1) is 11.4 Å². The number of ether oxygens (including phenoxy) is 1. The predicted molar refractivity (Wildman–Crippen MR) is 96.7 cm³/mol. The molecule has 0 saturated heterocycles. The molecule has 1 amide bonds. The Morgan fingerprint density at radius 3 is 2.92 bits per heavy atom. The molecule has 0 bridgehead atoms. The Balaban J connectivity index is 1.81. The molecule has 0 fully saturated rings. The third-order valence-electron chi connectivity index (χ3n) is 3.81. The van der Waals surface area contributed by atoms with Crippen LogP contribution >= 0.6 is 11.3 Å². The highest BCUT2D eigenvalue weighted by molar-refractivity contribution is 7.13. The van der Waals surface area contributed by atoms with E-state index in [0.29, 0.717) is 0 Å². The van der Waals surface area contributed by atoms with Crippen LogP contribution in [0, 0.1) is 24.1 Å². The molecule has 1 aromatic carbocycles. The van der Waals surface area contributed by atoms with Crippen LogP contribution in [0.1, 0.15) is 16.2 Å². The zero-order valence-corrected chi connectivity index (χ0v) is 14.9. The summed E-state index contributed by atoms with van der Waals surface area (Å²) in [5.41, 5.74) is 2.54. The molecule has 2 aromatic heterocycles. The van der Waals surface area contributed by atoms with Crippen molar-refractivity contribution in [3.8, 4) is 22.5 Å². The monoisotopic (exact) mass is 370 g/mol. The standard InChI is InChI=1S/C18H15FN4O2S/c1-11-3-6-15(23(11)2)18-22-14(10-26-18)17(24)21-13-5-4-12(19)9-16(13)25-8-7-20/h3-6,9-10H,8H2,1-2H3,(H,21,24). The Morgan fingerprint density at radius 2 is 2.23 bits per heavy atom. The van der Waals surface area contributed by atoms with Gasteiger partial charge in [-0.2, -0.15) is 5.26 Å². The van der Waals surface area contributed by atoms with Gasteiger partial charge in [-0.1, -0.05) is 0 Å². The van der Waals surface area contributed by atoms with Crippen LogP contribution in [0.25, 0.3) is 10.7 Å². The number of hydrogen-bond donors (Lipinski definition) is 1. The van der Waals surface area contributed by atoms with Crippen LogP contribution in [0.3, 0.4) is 0 Å². The van der Waals surface area contributed by atoms with Gasteiger partial charge in [0, 0.05) is 24.2 Å². The van der Waals surface area contributed by atoms with Gasteiger partial charge in [0.25, 0.3) is 5.91 Å². The highest BCUT2D eigenvalue weighted by Gasteiger charge is 2.16. The second kappa shape index (κ2) is 7.37. The van der Waals surface area contributed by atoms with Gasteiger partial charge in [0.15, 0.2) is 6.61 Å². The number of aryl methyl sites for hydroxylation is 1. The summed E-state index contributed by atoms with van der Waals surface area (Å²) in [6, 6.07) is 9.44. The van der Waals surface area contributed by atoms with Crippen molar-refractivity contribution < 1.29 is 13.9 Å². The number of halogens is 1. The first-order valence-corrected chi connectivity index (χ1v) is 8.56. The van der Waals surface area contributed by atoms with Crippen LogP contribution in [0.4, 0.5) is 10.1 Å². The second-order valence-electron chi connectivity index (χ2n) is 5.50. The number of anilines is 1. The van der Waals surface area contributed by atoms with Gasteiger partial charge in [0.2, 0.25) is 0 Å². The van der Waals surface area contributed by atoms with Gasteiger partial charge in [-0.15, -0.1) is 11.3 Å². The molecule has 0 radical (unpaired) electrons. The summed E-state index contributed by atoms with van der Waals surface area (Å²) < 4.78 is 20.5. The van der Waals surface area contributed by atoms with Crippen molar-refractivity contribution >= 4 is 22.9 Å². The first-order chi connectivity index (χ1) is 12.5. The van der Waals surface area contributed by atoms with Crippen LogP contribution in [-0.4, -0.2) is 22.1 Å². The van der Waals surface area contributed by atoms with Gasteiger partial charge in [0.1, 0.15) is 28.3 Å². The zero-order valence-electron chi connectivity index (χ0n) is 14.1. The summed E-state index contributed by atoms with van der Waals surface area (Å²) >= 11 is 1.36. The quantitative estimate of drug-likeness (QED) is 0.742. The Kier molecular flexibility index (Phi) is 5.00. The number of thiazole rings is 1. The minimum Gasteiger partial charge on any atom is -0.476 e. The number of amides is 1. The van der Waals surface area contributed by atoms with E-state index in [1.54, 1.807) is 11.4 Å². The van der Waals surface area contributed by atoms with E-state index in [2.05, 4.69) is 10.3 Å². The number of nitrogens with one attached hydrogen (secondary N) is 1. The van der Waals surface area contributed by atoms with Crippen molar-refractivity contribution in [1.82, 2.24) is 9.55 Å². The molecular formula is C18H15FN4O2S. The molecule has 8 heteroatoms. The van der Waals surface area contributed by atoms with Crippen LogP contribution in [-0.2, 0) is 7.05 Å². The third-order valence-corrected chi connectivity index (χ3v) is 4.68. The lowest BCUT2D eigenvalue weighted by molar-refractivity contribution is 0.102. The molecule has 0 aliphatic heterocycles. The third kappa shape index (κ3) is 3.58. The molecule has 132 valence electrons. The van der Waals surface area contributed by atoms with Crippen molar-refractivity contribution in [2.45, 2.75) is 6.92 Å². The minimum atomic E-state index is -0.522. The minimum absolute atomic E-state index is 0.0911. The average Bonchev–Trinajstić information content (AvgIpc) is 3.23. The van der Waals surface area contributed by atoms with Crippen LogP contribution < -0.4 is 10.1 Å². The summed E-state index contributed by atoms with van der Waals surface area (Å²) in [5.74, 6) is -0.869. The molecule has 0 spiro atoms. The van der Waals surface area contributed by atoms with Crippen molar-refractivity contribution in [3.05, 3.63) is 52.9 Å². The van der Waals surface area contributed by atoms with Gasteiger partial charge >= 0.3 is 0 Å². The summed E-state index contributed by atoms with van der Waals surface area (Å²) in [5, 5.41) is 13.6. The largest absolute Gasteiger partial charge is 0.476 e. The summed E-state index contributed by atoms with van der Waals surface area (Å²) in [4.78, 5) is 16.9. The first-order valence-electron chi connectivity index (χ1n) is 7.68. The van der Waals surface area contributed by atoms with E-state index in [1.165, 1.54) is 23.5 Å². The van der Waals surface area contributed by atoms with E-state index in [-0.39, 0.29) is 23.7 Å². The Hall–Kier alpha value is -3.18. The number of nitriles is 1. The predicted octanol–water partition coefficient (Wildman–Crippen LogP) is 3.75. The number of aromatic nitrogens is 2. The second-order valence-corrected chi connectivity index (χ2v) is 6.36. The SMILES string of the molecule is Cc1ccc(-c2nc(C(=O)Nc3ccc(F)cc3OCC#N)cs2)n1C.